The molecule has 3 aromatic carbocycles. The molecule has 1 aliphatic rings. The molecule has 0 aliphatic heterocycles. The molecule has 2 nitrogen and oxygen atoms in total. The highest BCUT2D eigenvalue weighted by molar-refractivity contribution is 9.10. The van der Waals surface area contributed by atoms with Gasteiger partial charge in [0.1, 0.15) is 12.4 Å². The van der Waals surface area contributed by atoms with E-state index in [2.05, 4.69) is 21.1 Å². The summed E-state index contributed by atoms with van der Waals surface area (Å²) in [7, 11) is 0. The van der Waals surface area contributed by atoms with Crippen molar-refractivity contribution in [2.24, 2.45) is 11.1 Å². The number of nitrogens with zero attached hydrogens (tertiary/aromatic N) is 1. The Hall–Kier alpha value is -1.88. The van der Waals surface area contributed by atoms with Crippen molar-refractivity contribution in [3.8, 4) is 0 Å². The van der Waals surface area contributed by atoms with Crippen LogP contribution in [-0.2, 0) is 11.4 Å². The summed E-state index contributed by atoms with van der Waals surface area (Å²) in [5.74, 6) is 0.187. The molecule has 148 valence electrons. The molecule has 0 radical (unpaired) electrons. The minimum Gasteiger partial charge on any atom is -0.391 e. The number of benzene rings is 3. The summed E-state index contributed by atoms with van der Waals surface area (Å²) in [6.45, 7) is -0.0239. The van der Waals surface area contributed by atoms with Crippen LogP contribution in [0.2, 0.25) is 10.0 Å². The van der Waals surface area contributed by atoms with Gasteiger partial charge in [-0.1, -0.05) is 74.6 Å². The van der Waals surface area contributed by atoms with Crippen molar-refractivity contribution in [2.75, 3.05) is 0 Å². The zero-order valence-electron chi connectivity index (χ0n) is 15.3. The zero-order chi connectivity index (χ0) is 20.4. The van der Waals surface area contributed by atoms with Crippen molar-refractivity contribution in [2.45, 2.75) is 18.9 Å². The number of rotatable bonds is 6. The topological polar surface area (TPSA) is 21.6 Å². The van der Waals surface area contributed by atoms with E-state index in [0.717, 1.165) is 27.2 Å². The molecule has 1 fully saturated rings. The fraction of sp³-hybridized carbons (Fsp3) is 0.174. The molecule has 0 unspecified atom stereocenters. The van der Waals surface area contributed by atoms with E-state index in [-0.39, 0.29) is 12.5 Å². The molecule has 4 rings (SSSR count). The Morgan fingerprint density at radius 2 is 1.76 bits per heavy atom. The maximum atomic E-state index is 14.0. The summed E-state index contributed by atoms with van der Waals surface area (Å²) in [5.41, 5.74) is 3.36. The predicted octanol–water partition coefficient (Wildman–Crippen LogP) is 7.62. The first-order valence-corrected chi connectivity index (χ1v) is 10.7. The Morgan fingerprint density at radius 1 is 1.03 bits per heavy atom. The summed E-state index contributed by atoms with van der Waals surface area (Å²) in [4.78, 5) is 5.56. The lowest BCUT2D eigenvalue weighted by Crippen LogP contribution is -2.07. The van der Waals surface area contributed by atoms with Crippen molar-refractivity contribution in [3.63, 3.8) is 0 Å². The quantitative estimate of drug-likeness (QED) is 0.256. The van der Waals surface area contributed by atoms with Crippen molar-refractivity contribution in [3.05, 3.63) is 104 Å². The van der Waals surface area contributed by atoms with E-state index in [9.17, 15) is 4.39 Å². The normalized spacial score (nSPS) is 18.6. The fourth-order valence-corrected chi connectivity index (χ4v) is 3.98. The van der Waals surface area contributed by atoms with E-state index in [1.54, 1.807) is 12.1 Å². The molecule has 0 bridgehead atoms. The lowest BCUT2D eigenvalue weighted by molar-refractivity contribution is 0.127. The average molecular weight is 493 g/mol. The molecule has 0 amide bonds. The summed E-state index contributed by atoms with van der Waals surface area (Å²) in [6, 6.07) is 20.4. The molecule has 2 atom stereocenters. The first-order valence-electron chi connectivity index (χ1n) is 9.17. The van der Waals surface area contributed by atoms with E-state index in [0.29, 0.717) is 16.5 Å². The van der Waals surface area contributed by atoms with Gasteiger partial charge in [-0.25, -0.2) is 4.39 Å². The minimum absolute atomic E-state index is 0.0239. The minimum atomic E-state index is -0.400. The molecule has 0 aromatic heterocycles. The van der Waals surface area contributed by atoms with Gasteiger partial charge in [-0.05, 0) is 59.9 Å². The SMILES string of the molecule is Fc1cccc(Cl)c1CO/N=C(/c1ccc(Br)cc1)[C@H]1C[C@@H]1c1ccc(Cl)cc1. The Bertz CT molecular complexity index is 1020. The first-order chi connectivity index (χ1) is 14.0. The van der Waals surface area contributed by atoms with Gasteiger partial charge < -0.3 is 4.84 Å². The number of hydrogen-bond acceptors (Lipinski definition) is 2. The highest BCUT2D eigenvalue weighted by atomic mass is 79.9. The molecular weight excluding hydrogens is 476 g/mol. The van der Waals surface area contributed by atoms with Crippen LogP contribution >= 0.6 is 39.1 Å². The third kappa shape index (κ3) is 4.82. The maximum Gasteiger partial charge on any atom is 0.146 e. The van der Waals surface area contributed by atoms with Crippen LogP contribution < -0.4 is 0 Å². The van der Waals surface area contributed by atoms with E-state index in [1.807, 2.05) is 48.5 Å². The van der Waals surface area contributed by atoms with E-state index in [4.69, 9.17) is 28.0 Å². The largest absolute Gasteiger partial charge is 0.391 e. The van der Waals surface area contributed by atoms with E-state index >= 15 is 0 Å². The van der Waals surface area contributed by atoms with Crippen LogP contribution in [0.4, 0.5) is 4.39 Å². The van der Waals surface area contributed by atoms with Crippen LogP contribution in [0.25, 0.3) is 0 Å². The zero-order valence-corrected chi connectivity index (χ0v) is 18.4. The van der Waals surface area contributed by atoms with E-state index in [1.165, 1.54) is 11.6 Å². The van der Waals surface area contributed by atoms with Crippen LogP contribution in [0.5, 0.6) is 0 Å². The third-order valence-corrected chi connectivity index (χ3v) is 6.15. The smallest absolute Gasteiger partial charge is 0.146 e. The van der Waals surface area contributed by atoms with Crippen LogP contribution in [0.15, 0.2) is 76.4 Å². The monoisotopic (exact) mass is 491 g/mol. The van der Waals surface area contributed by atoms with Crippen molar-refractivity contribution in [1.82, 2.24) is 0 Å². The number of halogens is 4. The van der Waals surface area contributed by atoms with Gasteiger partial charge in [0, 0.05) is 21.0 Å². The van der Waals surface area contributed by atoms with Crippen molar-refractivity contribution < 1.29 is 9.23 Å². The van der Waals surface area contributed by atoms with Crippen molar-refractivity contribution >= 4 is 44.8 Å². The van der Waals surface area contributed by atoms with Gasteiger partial charge in [-0.2, -0.15) is 0 Å². The third-order valence-electron chi connectivity index (χ3n) is 5.01. The Balaban J connectivity index is 1.57. The Labute approximate surface area is 187 Å². The molecule has 1 aliphatic carbocycles. The van der Waals surface area contributed by atoms with Crippen LogP contribution in [0.3, 0.4) is 0 Å². The molecule has 3 aromatic rings. The summed E-state index contributed by atoms with van der Waals surface area (Å²) < 4.78 is 15.0. The molecule has 0 heterocycles. The number of hydrogen-bond donors (Lipinski definition) is 0. The van der Waals surface area contributed by atoms with Gasteiger partial charge in [0.05, 0.1) is 10.7 Å². The standard InChI is InChI=1S/C23H17BrCl2FNO/c24-16-8-4-15(5-9-16)23(19-12-18(19)14-6-10-17(25)11-7-14)28-29-13-20-21(26)2-1-3-22(20)27/h1-11,18-19H,12-13H2/b28-23-/t18-,19+/m1/s1. The summed E-state index contributed by atoms with van der Waals surface area (Å²) in [5, 5.41) is 5.46. The highest BCUT2D eigenvalue weighted by Crippen LogP contribution is 2.49. The Kier molecular flexibility index (Phi) is 6.23. The van der Waals surface area contributed by atoms with Gasteiger partial charge in [0.15, 0.2) is 0 Å². The molecule has 0 N–H and O–H groups in total. The van der Waals surface area contributed by atoms with Gasteiger partial charge in [0.25, 0.3) is 0 Å². The predicted molar refractivity (Wildman–Crippen MR) is 119 cm³/mol. The molecule has 29 heavy (non-hydrogen) atoms. The molecular formula is C23H17BrCl2FNO. The maximum absolute atomic E-state index is 14.0. The molecule has 6 heteroatoms. The van der Waals surface area contributed by atoms with Gasteiger partial charge in [-0.15, -0.1) is 0 Å². The highest BCUT2D eigenvalue weighted by Gasteiger charge is 2.43. The molecule has 0 saturated heterocycles. The van der Waals surface area contributed by atoms with Crippen molar-refractivity contribution in [1.29, 1.82) is 0 Å². The van der Waals surface area contributed by atoms with Gasteiger partial charge in [0.2, 0.25) is 0 Å². The van der Waals surface area contributed by atoms with Crippen LogP contribution in [-0.4, -0.2) is 5.71 Å². The van der Waals surface area contributed by atoms with Crippen LogP contribution in [0.1, 0.15) is 29.0 Å². The molecule has 0 spiro atoms. The van der Waals surface area contributed by atoms with Gasteiger partial charge in [-0.3, -0.25) is 0 Å². The van der Waals surface area contributed by atoms with Crippen LogP contribution in [0, 0.1) is 11.7 Å². The summed E-state index contributed by atoms with van der Waals surface area (Å²) in [6.07, 6.45) is 0.973. The lowest BCUT2D eigenvalue weighted by Gasteiger charge is -2.09. The summed E-state index contributed by atoms with van der Waals surface area (Å²) >= 11 is 15.6. The second kappa shape index (κ2) is 8.86. The van der Waals surface area contributed by atoms with Gasteiger partial charge >= 0.3 is 0 Å². The first kappa shape index (κ1) is 20.4. The lowest BCUT2D eigenvalue weighted by atomic mass is 10.0. The Morgan fingerprint density at radius 3 is 2.45 bits per heavy atom. The fourth-order valence-electron chi connectivity index (χ4n) is 3.37. The molecule has 1 saturated carbocycles. The number of oxime groups is 1. The second-order valence-corrected chi connectivity index (χ2v) is 8.72. The average Bonchev–Trinajstić information content (AvgIpc) is 3.49. The second-order valence-electron chi connectivity index (χ2n) is 6.96. The van der Waals surface area contributed by atoms with E-state index < -0.39 is 5.82 Å².